The molecular weight excluding hydrogens is 502 g/mol. The Hall–Kier alpha value is -3.82. The van der Waals surface area contributed by atoms with Crippen LogP contribution in [-0.2, 0) is 26.0 Å². The molecule has 198 valence electrons. The summed E-state index contributed by atoms with van der Waals surface area (Å²) < 4.78 is 23.2. The second kappa shape index (κ2) is 10.9. The highest BCUT2D eigenvalue weighted by Gasteiger charge is 2.44. The average molecular weight is 534 g/mol. The van der Waals surface area contributed by atoms with Crippen molar-refractivity contribution in [3.63, 3.8) is 0 Å². The highest BCUT2D eigenvalue weighted by atomic mass is 32.2. The number of anilines is 1. The zero-order valence-corrected chi connectivity index (χ0v) is 22.4. The first-order valence-electron chi connectivity index (χ1n) is 12.4. The van der Waals surface area contributed by atoms with E-state index in [-0.39, 0.29) is 29.7 Å². The second-order valence-corrected chi connectivity index (χ2v) is 11.3. The van der Waals surface area contributed by atoms with Gasteiger partial charge in [0.2, 0.25) is 15.9 Å². The first-order chi connectivity index (χ1) is 18.0. The van der Waals surface area contributed by atoms with Gasteiger partial charge in [-0.15, -0.1) is 0 Å². The van der Waals surface area contributed by atoms with Crippen LogP contribution in [0.15, 0.2) is 77.7 Å². The van der Waals surface area contributed by atoms with Gasteiger partial charge in [0.25, 0.3) is 11.8 Å². The zero-order valence-electron chi connectivity index (χ0n) is 21.6. The normalized spacial score (nSPS) is 15.8. The van der Waals surface area contributed by atoms with Crippen molar-refractivity contribution in [2.24, 2.45) is 5.14 Å². The summed E-state index contributed by atoms with van der Waals surface area (Å²) in [6, 6.07) is 19.5. The van der Waals surface area contributed by atoms with Crippen molar-refractivity contribution in [3.8, 4) is 0 Å². The molecule has 0 saturated carbocycles. The van der Waals surface area contributed by atoms with Gasteiger partial charge in [-0.05, 0) is 66.3 Å². The van der Waals surface area contributed by atoms with Crippen LogP contribution >= 0.6 is 0 Å². The van der Waals surface area contributed by atoms with Crippen LogP contribution in [0.4, 0.5) is 5.69 Å². The number of amides is 3. The minimum atomic E-state index is -3.82. The van der Waals surface area contributed by atoms with Gasteiger partial charge >= 0.3 is 0 Å². The molecule has 4 rings (SSSR count). The van der Waals surface area contributed by atoms with Crippen molar-refractivity contribution in [2.75, 3.05) is 11.4 Å². The molecule has 1 unspecified atom stereocenters. The topological polar surface area (TPSA) is 118 Å². The number of aryl methyl sites for hydroxylation is 1. The molecule has 3 aromatic carbocycles. The fourth-order valence-corrected chi connectivity index (χ4v) is 5.12. The Morgan fingerprint density at radius 1 is 1.00 bits per heavy atom. The first-order valence-corrected chi connectivity index (χ1v) is 14.0. The standard InChI is InChI=1S/C29H31N3O5S/c1-19(2)22-10-12-23(13-11-22)32-27(33)18-26(29(32)35)31(28(34)25-7-5-4-6-20(25)3)17-16-21-8-14-24(15-9-21)38(30,36)37/h4-15,19,26H,16-18H2,1-3H3,(H2,30,36,37). The molecule has 8 nitrogen and oxygen atoms in total. The van der Waals surface area contributed by atoms with Crippen molar-refractivity contribution in [2.45, 2.75) is 50.5 Å². The third kappa shape index (κ3) is 5.69. The molecule has 2 N–H and O–H groups in total. The van der Waals surface area contributed by atoms with Gasteiger partial charge < -0.3 is 4.90 Å². The summed E-state index contributed by atoms with van der Waals surface area (Å²) in [4.78, 5) is 43.0. The summed E-state index contributed by atoms with van der Waals surface area (Å²) >= 11 is 0. The minimum Gasteiger partial charge on any atom is -0.326 e. The summed E-state index contributed by atoms with van der Waals surface area (Å²) in [7, 11) is -3.82. The van der Waals surface area contributed by atoms with Crippen LogP contribution in [-0.4, -0.2) is 43.6 Å². The zero-order chi connectivity index (χ0) is 27.6. The maximum atomic E-state index is 13.7. The molecule has 9 heteroatoms. The number of hydrogen-bond donors (Lipinski definition) is 1. The quantitative estimate of drug-likeness (QED) is 0.442. The largest absolute Gasteiger partial charge is 0.326 e. The van der Waals surface area contributed by atoms with E-state index in [1.54, 1.807) is 36.4 Å². The van der Waals surface area contributed by atoms with Gasteiger partial charge in [-0.2, -0.15) is 0 Å². The summed E-state index contributed by atoms with van der Waals surface area (Å²) in [6.07, 6.45) is 0.232. The van der Waals surface area contributed by atoms with Crippen molar-refractivity contribution in [3.05, 3.63) is 95.1 Å². The van der Waals surface area contributed by atoms with E-state index in [0.29, 0.717) is 23.6 Å². The summed E-state index contributed by atoms with van der Waals surface area (Å²) in [5.74, 6) is -0.841. The van der Waals surface area contributed by atoms with Gasteiger partial charge in [-0.1, -0.05) is 56.3 Å². The van der Waals surface area contributed by atoms with Crippen molar-refractivity contribution in [1.29, 1.82) is 0 Å². The lowest BCUT2D eigenvalue weighted by Gasteiger charge is -2.28. The van der Waals surface area contributed by atoms with Crippen LogP contribution in [0.1, 0.15) is 53.2 Å². The van der Waals surface area contributed by atoms with Crippen LogP contribution in [0.25, 0.3) is 0 Å². The number of hydrogen-bond acceptors (Lipinski definition) is 5. The molecule has 0 bridgehead atoms. The molecule has 1 aliphatic heterocycles. The highest BCUT2D eigenvalue weighted by molar-refractivity contribution is 7.89. The Morgan fingerprint density at radius 2 is 1.63 bits per heavy atom. The number of sulfonamides is 1. The van der Waals surface area contributed by atoms with E-state index in [1.807, 2.05) is 31.2 Å². The van der Waals surface area contributed by atoms with Crippen LogP contribution in [0, 0.1) is 6.92 Å². The Morgan fingerprint density at radius 3 is 2.21 bits per heavy atom. The van der Waals surface area contributed by atoms with Gasteiger partial charge in [0.15, 0.2) is 0 Å². The van der Waals surface area contributed by atoms with E-state index >= 15 is 0 Å². The summed E-state index contributed by atoms with van der Waals surface area (Å²) in [6.45, 7) is 6.11. The Bertz CT molecular complexity index is 1460. The predicted molar refractivity (Wildman–Crippen MR) is 145 cm³/mol. The summed E-state index contributed by atoms with van der Waals surface area (Å²) in [5.41, 5.74) is 3.55. The van der Waals surface area contributed by atoms with E-state index in [4.69, 9.17) is 5.14 Å². The van der Waals surface area contributed by atoms with Gasteiger partial charge in [0.1, 0.15) is 6.04 Å². The molecule has 1 aliphatic rings. The van der Waals surface area contributed by atoms with E-state index in [1.165, 1.54) is 17.0 Å². The average Bonchev–Trinajstić information content (AvgIpc) is 3.17. The molecular formula is C29H31N3O5S. The first kappa shape index (κ1) is 27.2. The Kier molecular flexibility index (Phi) is 7.80. The number of imide groups is 1. The molecule has 1 saturated heterocycles. The highest BCUT2D eigenvalue weighted by Crippen LogP contribution is 2.29. The van der Waals surface area contributed by atoms with Crippen LogP contribution in [0.3, 0.4) is 0 Å². The number of benzene rings is 3. The number of nitrogens with zero attached hydrogens (tertiary/aromatic N) is 2. The maximum Gasteiger partial charge on any atom is 0.257 e. The van der Waals surface area contributed by atoms with E-state index in [0.717, 1.165) is 21.6 Å². The maximum absolute atomic E-state index is 13.7. The van der Waals surface area contributed by atoms with E-state index < -0.39 is 22.0 Å². The molecule has 3 aromatic rings. The van der Waals surface area contributed by atoms with Crippen LogP contribution in [0.2, 0.25) is 0 Å². The van der Waals surface area contributed by atoms with Crippen molar-refractivity contribution >= 4 is 33.4 Å². The monoisotopic (exact) mass is 533 g/mol. The third-order valence-corrected chi connectivity index (χ3v) is 7.78. The third-order valence-electron chi connectivity index (χ3n) is 6.85. The van der Waals surface area contributed by atoms with Gasteiger partial charge in [0.05, 0.1) is 17.0 Å². The van der Waals surface area contributed by atoms with Crippen LogP contribution in [0.5, 0.6) is 0 Å². The van der Waals surface area contributed by atoms with Crippen molar-refractivity contribution in [1.82, 2.24) is 4.90 Å². The second-order valence-electron chi connectivity index (χ2n) is 9.79. The van der Waals surface area contributed by atoms with Gasteiger partial charge in [-0.3, -0.25) is 14.4 Å². The molecule has 3 amide bonds. The lowest BCUT2D eigenvalue weighted by Crippen LogP contribution is -2.46. The molecule has 1 heterocycles. The fraction of sp³-hybridized carbons (Fsp3) is 0.276. The number of carbonyl (C=O) groups excluding carboxylic acids is 3. The van der Waals surface area contributed by atoms with Gasteiger partial charge in [-0.25, -0.2) is 18.5 Å². The lowest BCUT2D eigenvalue weighted by molar-refractivity contribution is -0.122. The molecule has 1 atom stereocenters. The lowest BCUT2D eigenvalue weighted by atomic mass is 10.0. The summed E-state index contributed by atoms with van der Waals surface area (Å²) in [5, 5.41) is 5.19. The van der Waals surface area contributed by atoms with Gasteiger partial charge in [0, 0.05) is 12.1 Å². The number of rotatable bonds is 8. The number of carbonyl (C=O) groups is 3. The molecule has 38 heavy (non-hydrogen) atoms. The van der Waals surface area contributed by atoms with Crippen molar-refractivity contribution < 1.29 is 22.8 Å². The molecule has 0 aliphatic carbocycles. The Labute approximate surface area is 223 Å². The number of primary sulfonamides is 1. The predicted octanol–water partition coefficient (Wildman–Crippen LogP) is 3.78. The smallest absolute Gasteiger partial charge is 0.257 e. The van der Waals surface area contributed by atoms with E-state index in [2.05, 4.69) is 13.8 Å². The SMILES string of the molecule is Cc1ccccc1C(=O)N(CCc1ccc(S(N)(=O)=O)cc1)C1CC(=O)N(c2ccc(C(C)C)cc2)C1=O. The van der Waals surface area contributed by atoms with E-state index in [9.17, 15) is 22.8 Å². The van der Waals surface area contributed by atoms with Crippen LogP contribution < -0.4 is 10.0 Å². The minimum absolute atomic E-state index is 0.00946. The fourth-order valence-electron chi connectivity index (χ4n) is 4.60. The number of nitrogens with two attached hydrogens (primary N) is 1. The Balaban J connectivity index is 1.63. The molecule has 0 radical (unpaired) electrons. The molecule has 0 spiro atoms. The molecule has 1 fully saturated rings. The molecule has 0 aromatic heterocycles.